The van der Waals surface area contributed by atoms with Gasteiger partial charge in [0.1, 0.15) is 6.21 Å². The summed E-state index contributed by atoms with van der Waals surface area (Å²) in [6.07, 6.45) is 0.796. The van der Waals surface area contributed by atoms with E-state index >= 15 is 0 Å². The molecule has 4 N–H and O–H groups in total. The lowest BCUT2D eigenvalue weighted by Gasteiger charge is -2.03. The van der Waals surface area contributed by atoms with E-state index in [-0.39, 0.29) is 0 Å². The van der Waals surface area contributed by atoms with Crippen molar-refractivity contribution in [2.45, 2.75) is 0 Å². The highest BCUT2D eigenvalue weighted by atomic mass is 16.2. The van der Waals surface area contributed by atoms with Crippen LogP contribution in [0.5, 0.6) is 0 Å². The van der Waals surface area contributed by atoms with Crippen LogP contribution in [0.25, 0.3) is 0 Å². The second-order valence-corrected chi connectivity index (χ2v) is 1.51. The number of rotatable bonds is 2. The van der Waals surface area contributed by atoms with Crippen molar-refractivity contribution in [2.24, 2.45) is 16.6 Å². The molecule has 10 heavy (non-hydrogen) atoms. The Morgan fingerprint density at radius 2 is 2.00 bits per heavy atom. The van der Waals surface area contributed by atoms with Crippen molar-refractivity contribution < 1.29 is 9.59 Å². The van der Waals surface area contributed by atoms with E-state index in [2.05, 4.69) is 10.8 Å². The lowest BCUT2D eigenvalue weighted by molar-refractivity contribution is -0.111. The lowest BCUT2D eigenvalue weighted by atomic mass is 10.7. The maximum Gasteiger partial charge on any atom is 0.334 e. The van der Waals surface area contributed by atoms with Gasteiger partial charge in [0.2, 0.25) is 0 Å². The minimum Gasteiger partial charge on any atom is -0.365 e. The van der Waals surface area contributed by atoms with E-state index in [9.17, 15) is 9.59 Å². The first-order valence-electron chi connectivity index (χ1n) is 2.40. The highest BCUT2D eigenvalue weighted by Gasteiger charge is 1.97. The summed E-state index contributed by atoms with van der Waals surface area (Å²) in [6.45, 7) is 0. The molecule has 0 aromatic carbocycles. The zero-order chi connectivity index (χ0) is 8.15. The van der Waals surface area contributed by atoms with E-state index in [1.807, 2.05) is 0 Å². The molecule has 0 aromatic rings. The van der Waals surface area contributed by atoms with Crippen LogP contribution in [-0.2, 0) is 4.79 Å². The lowest BCUT2D eigenvalue weighted by Crippen LogP contribution is -2.28. The van der Waals surface area contributed by atoms with E-state index in [0.29, 0.717) is 0 Å². The molecule has 0 unspecified atom stereocenters. The summed E-state index contributed by atoms with van der Waals surface area (Å²) in [7, 11) is 1.31. The molecule has 0 atom stereocenters. The Hall–Kier alpha value is -1.59. The van der Waals surface area contributed by atoms with Crippen LogP contribution in [-0.4, -0.2) is 30.2 Å². The van der Waals surface area contributed by atoms with Gasteiger partial charge in [-0.15, -0.1) is 0 Å². The molecule has 56 valence electrons. The van der Waals surface area contributed by atoms with Crippen molar-refractivity contribution in [3.63, 3.8) is 0 Å². The molecule has 0 saturated heterocycles. The second kappa shape index (κ2) is 3.44. The Morgan fingerprint density at radius 3 is 2.30 bits per heavy atom. The van der Waals surface area contributed by atoms with Crippen LogP contribution in [0, 0.1) is 0 Å². The van der Waals surface area contributed by atoms with Gasteiger partial charge in [-0.25, -0.2) is 9.80 Å². The minimum absolute atomic E-state index is 0.729. The van der Waals surface area contributed by atoms with Gasteiger partial charge < -0.3 is 11.5 Å². The van der Waals surface area contributed by atoms with Crippen LogP contribution in [0.4, 0.5) is 4.79 Å². The van der Waals surface area contributed by atoms with E-state index < -0.39 is 11.9 Å². The van der Waals surface area contributed by atoms with Crippen molar-refractivity contribution in [1.29, 1.82) is 0 Å². The van der Waals surface area contributed by atoms with Gasteiger partial charge in [0.15, 0.2) is 0 Å². The highest BCUT2D eigenvalue weighted by Crippen LogP contribution is 1.78. The predicted octanol–water partition coefficient (Wildman–Crippen LogP) is -1.53. The second-order valence-electron chi connectivity index (χ2n) is 1.51. The van der Waals surface area contributed by atoms with Crippen molar-refractivity contribution in [3.05, 3.63) is 0 Å². The number of hydrogen-bond acceptors (Lipinski definition) is 3. The van der Waals surface area contributed by atoms with Gasteiger partial charge >= 0.3 is 6.03 Å². The van der Waals surface area contributed by atoms with Gasteiger partial charge in [0.05, 0.1) is 0 Å². The third kappa shape index (κ3) is 3.42. The summed E-state index contributed by atoms with van der Waals surface area (Å²) in [5, 5.41) is 4.08. The fourth-order valence-electron chi connectivity index (χ4n) is 0.200. The first kappa shape index (κ1) is 8.41. The molecule has 0 aliphatic rings. The van der Waals surface area contributed by atoms with Crippen molar-refractivity contribution in [3.8, 4) is 0 Å². The monoisotopic (exact) mass is 144 g/mol. The van der Waals surface area contributed by atoms with Crippen LogP contribution in [0.2, 0.25) is 0 Å². The summed E-state index contributed by atoms with van der Waals surface area (Å²) in [6, 6.07) is -0.752. The van der Waals surface area contributed by atoms with Gasteiger partial charge in [0, 0.05) is 7.05 Å². The van der Waals surface area contributed by atoms with Gasteiger partial charge in [-0.05, 0) is 0 Å². The molecule has 6 nitrogen and oxygen atoms in total. The fraction of sp³-hybridized carbons (Fsp3) is 0.250. The van der Waals surface area contributed by atoms with Crippen molar-refractivity contribution in [2.75, 3.05) is 7.05 Å². The van der Waals surface area contributed by atoms with Gasteiger partial charge in [0.25, 0.3) is 5.91 Å². The summed E-state index contributed by atoms with van der Waals surface area (Å²) >= 11 is 0. The van der Waals surface area contributed by atoms with E-state index in [1.165, 1.54) is 7.05 Å². The molecule has 0 saturated carbocycles. The standard InChI is InChI=1S/C4H8N4O2/c1-8(4(6)10)7-2-3(5)9/h2H,1H3,(H2,5,9)(H2,6,10). The summed E-state index contributed by atoms with van der Waals surface area (Å²) in [5.74, 6) is -0.729. The average molecular weight is 144 g/mol. The van der Waals surface area contributed by atoms with Crippen molar-refractivity contribution in [1.82, 2.24) is 5.01 Å². The zero-order valence-corrected chi connectivity index (χ0v) is 5.44. The summed E-state index contributed by atoms with van der Waals surface area (Å²) < 4.78 is 0. The topological polar surface area (TPSA) is 102 Å². The van der Waals surface area contributed by atoms with Gasteiger partial charge in [-0.2, -0.15) is 5.10 Å². The van der Waals surface area contributed by atoms with Crippen molar-refractivity contribution >= 4 is 18.2 Å². The summed E-state index contributed by atoms with van der Waals surface area (Å²) in [5.41, 5.74) is 9.42. The maximum absolute atomic E-state index is 10.2. The molecule has 0 aliphatic heterocycles. The Kier molecular flexibility index (Phi) is 2.89. The number of urea groups is 1. The molecule has 0 radical (unpaired) electrons. The maximum atomic E-state index is 10.2. The van der Waals surface area contributed by atoms with Gasteiger partial charge in [-0.1, -0.05) is 0 Å². The Bertz CT molecular complexity index is 176. The molecule has 0 heterocycles. The van der Waals surface area contributed by atoms with Crippen LogP contribution in [0.3, 0.4) is 0 Å². The quantitative estimate of drug-likeness (QED) is 0.362. The summed E-state index contributed by atoms with van der Waals surface area (Å²) in [4.78, 5) is 20.2. The average Bonchev–Trinajstić information content (AvgIpc) is 1.82. The number of hydrazone groups is 1. The molecular weight excluding hydrogens is 136 g/mol. The normalized spacial score (nSPS) is 9.70. The van der Waals surface area contributed by atoms with Crippen LogP contribution < -0.4 is 11.5 Å². The number of carbonyl (C=O) groups excluding carboxylic acids is 2. The molecule has 0 bridgehead atoms. The molecule has 0 rings (SSSR count). The van der Waals surface area contributed by atoms with Crippen LogP contribution in [0.15, 0.2) is 5.10 Å². The number of amides is 3. The molecule has 0 aromatic heterocycles. The first-order valence-corrected chi connectivity index (χ1v) is 2.40. The van der Waals surface area contributed by atoms with Crippen LogP contribution in [0.1, 0.15) is 0 Å². The SMILES string of the molecule is CN(N=CC(N)=O)C(N)=O. The third-order valence-electron chi connectivity index (χ3n) is 0.677. The minimum atomic E-state index is -0.752. The molecule has 0 aliphatic carbocycles. The molecule has 0 fully saturated rings. The Labute approximate surface area is 57.5 Å². The molecule has 3 amide bonds. The third-order valence-corrected chi connectivity index (χ3v) is 0.677. The fourth-order valence-corrected chi connectivity index (χ4v) is 0.200. The molecule has 6 heteroatoms. The molecular formula is C4H8N4O2. The first-order chi connectivity index (χ1) is 4.54. The Morgan fingerprint density at radius 1 is 1.50 bits per heavy atom. The predicted molar refractivity (Wildman–Crippen MR) is 35.0 cm³/mol. The van der Waals surface area contributed by atoms with E-state index in [0.717, 1.165) is 11.2 Å². The number of hydrogen-bond donors (Lipinski definition) is 2. The van der Waals surface area contributed by atoms with Gasteiger partial charge in [-0.3, -0.25) is 4.79 Å². The Balaban J connectivity index is 3.89. The highest BCUT2D eigenvalue weighted by molar-refractivity contribution is 6.25. The van der Waals surface area contributed by atoms with E-state index in [1.54, 1.807) is 0 Å². The number of carbonyl (C=O) groups is 2. The van der Waals surface area contributed by atoms with Crippen LogP contribution >= 0.6 is 0 Å². The number of primary amides is 2. The number of nitrogens with zero attached hydrogens (tertiary/aromatic N) is 2. The zero-order valence-electron chi connectivity index (χ0n) is 5.44. The number of nitrogens with two attached hydrogens (primary N) is 2. The van der Waals surface area contributed by atoms with E-state index in [4.69, 9.17) is 5.73 Å². The smallest absolute Gasteiger partial charge is 0.334 e. The molecule has 0 spiro atoms. The largest absolute Gasteiger partial charge is 0.365 e.